The molecule has 3 heteroatoms. The minimum Gasteiger partial charge on any atom is -0.508 e. The summed E-state index contributed by atoms with van der Waals surface area (Å²) in [6.07, 6.45) is 7.02. The number of fused-ring (bicyclic) bond motifs is 1. The van der Waals surface area contributed by atoms with Crippen LogP contribution in [0.1, 0.15) is 86.8 Å². The van der Waals surface area contributed by atoms with Gasteiger partial charge in [0.15, 0.2) is 0 Å². The number of hydrogen-bond donors (Lipinski definition) is 2. The van der Waals surface area contributed by atoms with Crippen LogP contribution in [0.25, 0.3) is 6.08 Å². The molecule has 0 bridgehead atoms. The number of carbonyl (C=O) groups is 1. The molecule has 2 aliphatic rings. The monoisotopic (exact) mass is 404 g/mol. The lowest BCUT2D eigenvalue weighted by Crippen LogP contribution is -2.34. The quantitative estimate of drug-likeness (QED) is 0.594. The number of aryl methyl sites for hydroxylation is 1. The number of carboxylic acid groups (broad SMARTS) is 1. The predicted molar refractivity (Wildman–Crippen MR) is 121 cm³/mol. The van der Waals surface area contributed by atoms with Crippen molar-refractivity contribution in [1.82, 2.24) is 0 Å². The van der Waals surface area contributed by atoms with Gasteiger partial charge >= 0.3 is 5.97 Å². The van der Waals surface area contributed by atoms with Crippen LogP contribution in [-0.2, 0) is 21.0 Å². The highest BCUT2D eigenvalue weighted by Crippen LogP contribution is 2.59. The van der Waals surface area contributed by atoms with Crippen LogP contribution in [0.5, 0.6) is 5.75 Å². The fourth-order valence-electron chi connectivity index (χ4n) is 5.40. The van der Waals surface area contributed by atoms with Crippen LogP contribution in [-0.4, -0.2) is 16.2 Å². The van der Waals surface area contributed by atoms with Crippen molar-refractivity contribution in [2.24, 2.45) is 0 Å². The SMILES string of the molecule is Cc1cc2c(cc1C1(c3c(O)cccc3/C=C/C(=O)O)CC1)C(C)(C)CCC2(C)C. The summed E-state index contributed by atoms with van der Waals surface area (Å²) in [5, 5.41) is 19.9. The van der Waals surface area contributed by atoms with Crippen molar-refractivity contribution < 1.29 is 15.0 Å². The standard InChI is InChI=1S/C27H32O3/c1-17-15-20-21(26(4,5)12-11-25(20,2)3)16-19(17)27(13-14-27)24-18(9-10-23(29)30)7-6-8-22(24)28/h6-10,15-16,28H,11-14H2,1-5H3,(H,29,30)/b10-9+. The largest absolute Gasteiger partial charge is 0.508 e. The Labute approximate surface area is 179 Å². The molecule has 3 nitrogen and oxygen atoms in total. The first-order valence-electron chi connectivity index (χ1n) is 10.9. The Morgan fingerprint density at radius 3 is 2.10 bits per heavy atom. The van der Waals surface area contributed by atoms with Crippen molar-refractivity contribution >= 4 is 12.0 Å². The van der Waals surface area contributed by atoms with E-state index in [0.29, 0.717) is 0 Å². The summed E-state index contributed by atoms with van der Waals surface area (Å²) >= 11 is 0. The van der Waals surface area contributed by atoms with E-state index in [1.807, 2.05) is 6.07 Å². The molecule has 0 heterocycles. The third-order valence-electron chi connectivity index (χ3n) is 7.42. The molecular weight excluding hydrogens is 372 g/mol. The van der Waals surface area contributed by atoms with Gasteiger partial charge in [0.05, 0.1) is 0 Å². The Balaban J connectivity index is 1.92. The van der Waals surface area contributed by atoms with Crippen LogP contribution in [0.3, 0.4) is 0 Å². The Kier molecular flexibility index (Phi) is 4.65. The second kappa shape index (κ2) is 6.73. The summed E-state index contributed by atoms with van der Waals surface area (Å²) in [7, 11) is 0. The minimum atomic E-state index is -0.983. The summed E-state index contributed by atoms with van der Waals surface area (Å²) in [6, 6.07) is 10.2. The van der Waals surface area contributed by atoms with E-state index < -0.39 is 5.97 Å². The summed E-state index contributed by atoms with van der Waals surface area (Å²) < 4.78 is 0. The van der Waals surface area contributed by atoms with E-state index in [0.717, 1.165) is 36.5 Å². The van der Waals surface area contributed by atoms with Gasteiger partial charge in [-0.15, -0.1) is 0 Å². The molecule has 0 spiro atoms. The molecule has 0 amide bonds. The van der Waals surface area contributed by atoms with Crippen molar-refractivity contribution in [2.75, 3.05) is 0 Å². The molecule has 2 aliphatic carbocycles. The van der Waals surface area contributed by atoms with E-state index in [-0.39, 0.29) is 22.0 Å². The highest BCUT2D eigenvalue weighted by molar-refractivity contribution is 5.86. The normalized spacial score (nSPS) is 20.7. The average molecular weight is 405 g/mol. The molecule has 1 fully saturated rings. The Morgan fingerprint density at radius 2 is 1.53 bits per heavy atom. The molecule has 2 N–H and O–H groups in total. The summed E-state index contributed by atoms with van der Waals surface area (Å²) in [5.41, 5.74) is 7.07. The van der Waals surface area contributed by atoms with E-state index in [2.05, 4.69) is 46.8 Å². The van der Waals surface area contributed by atoms with E-state index in [9.17, 15) is 9.90 Å². The zero-order chi connectivity index (χ0) is 21.9. The van der Waals surface area contributed by atoms with Gasteiger partial charge in [-0.2, -0.15) is 0 Å². The molecule has 2 aromatic carbocycles. The highest BCUT2D eigenvalue weighted by Gasteiger charge is 2.50. The lowest BCUT2D eigenvalue weighted by Gasteiger charge is -2.43. The van der Waals surface area contributed by atoms with Crippen LogP contribution < -0.4 is 0 Å². The molecule has 4 rings (SSSR count). The van der Waals surface area contributed by atoms with Gasteiger partial charge in [-0.1, -0.05) is 52.0 Å². The van der Waals surface area contributed by atoms with Gasteiger partial charge in [0.2, 0.25) is 0 Å². The number of hydrogen-bond acceptors (Lipinski definition) is 2. The van der Waals surface area contributed by atoms with E-state index in [4.69, 9.17) is 5.11 Å². The first kappa shape index (κ1) is 20.7. The number of phenols is 1. The molecule has 0 atom stereocenters. The number of aromatic hydroxyl groups is 1. The zero-order valence-corrected chi connectivity index (χ0v) is 18.7. The van der Waals surface area contributed by atoms with Crippen molar-refractivity contribution in [3.63, 3.8) is 0 Å². The van der Waals surface area contributed by atoms with Gasteiger partial charge in [-0.3, -0.25) is 0 Å². The Morgan fingerprint density at radius 1 is 0.933 bits per heavy atom. The van der Waals surface area contributed by atoms with Crippen LogP contribution in [0.4, 0.5) is 0 Å². The van der Waals surface area contributed by atoms with Crippen LogP contribution >= 0.6 is 0 Å². The molecule has 2 aromatic rings. The lowest BCUT2D eigenvalue weighted by atomic mass is 9.62. The maximum Gasteiger partial charge on any atom is 0.328 e. The minimum absolute atomic E-state index is 0.119. The fourth-order valence-corrected chi connectivity index (χ4v) is 5.40. The molecule has 0 saturated heterocycles. The number of aliphatic carboxylic acids is 1. The second-order valence-electron chi connectivity index (χ2n) is 10.5. The molecule has 0 radical (unpaired) electrons. The van der Waals surface area contributed by atoms with Gasteiger partial charge in [-0.05, 0) is 83.4 Å². The maximum absolute atomic E-state index is 11.1. The van der Waals surface area contributed by atoms with Crippen molar-refractivity contribution in [1.29, 1.82) is 0 Å². The molecule has 0 aliphatic heterocycles. The lowest BCUT2D eigenvalue weighted by molar-refractivity contribution is -0.131. The van der Waals surface area contributed by atoms with Crippen LogP contribution in [0.2, 0.25) is 0 Å². The van der Waals surface area contributed by atoms with Gasteiger partial charge < -0.3 is 10.2 Å². The molecule has 1 saturated carbocycles. The highest BCUT2D eigenvalue weighted by atomic mass is 16.4. The maximum atomic E-state index is 11.1. The predicted octanol–water partition coefficient (Wildman–Crippen LogP) is 6.23. The summed E-state index contributed by atoms with van der Waals surface area (Å²) in [4.78, 5) is 11.1. The van der Waals surface area contributed by atoms with Crippen molar-refractivity contribution in [2.45, 2.75) is 76.5 Å². The third kappa shape index (κ3) is 3.25. The number of carboxylic acids is 1. The van der Waals surface area contributed by atoms with E-state index in [1.54, 1.807) is 18.2 Å². The first-order valence-corrected chi connectivity index (χ1v) is 10.9. The van der Waals surface area contributed by atoms with Crippen molar-refractivity contribution in [3.8, 4) is 5.75 Å². The first-order chi connectivity index (χ1) is 14.0. The van der Waals surface area contributed by atoms with Gasteiger partial charge in [0.25, 0.3) is 0 Å². The molecule has 30 heavy (non-hydrogen) atoms. The van der Waals surface area contributed by atoms with Crippen molar-refractivity contribution in [3.05, 3.63) is 69.8 Å². The number of rotatable bonds is 4. The average Bonchev–Trinajstić information content (AvgIpc) is 3.45. The molecule has 0 aromatic heterocycles. The number of phenolic OH excluding ortho intramolecular Hbond substituents is 1. The van der Waals surface area contributed by atoms with Gasteiger partial charge in [-0.25, -0.2) is 4.79 Å². The van der Waals surface area contributed by atoms with Gasteiger partial charge in [0, 0.05) is 17.1 Å². The van der Waals surface area contributed by atoms with Crippen LogP contribution in [0.15, 0.2) is 36.4 Å². The third-order valence-corrected chi connectivity index (χ3v) is 7.42. The molecule has 158 valence electrons. The number of benzene rings is 2. The fraction of sp³-hybridized carbons (Fsp3) is 0.444. The van der Waals surface area contributed by atoms with Gasteiger partial charge in [0.1, 0.15) is 5.75 Å². The van der Waals surface area contributed by atoms with E-state index in [1.165, 1.54) is 28.7 Å². The summed E-state index contributed by atoms with van der Waals surface area (Å²) in [6.45, 7) is 11.5. The Bertz CT molecular complexity index is 1050. The second-order valence-corrected chi connectivity index (χ2v) is 10.5. The smallest absolute Gasteiger partial charge is 0.328 e. The molecular formula is C27H32O3. The summed E-state index contributed by atoms with van der Waals surface area (Å²) in [5.74, 6) is -0.736. The van der Waals surface area contributed by atoms with E-state index >= 15 is 0 Å². The zero-order valence-electron chi connectivity index (χ0n) is 18.7. The molecule has 0 unspecified atom stereocenters. The topological polar surface area (TPSA) is 57.5 Å². The van der Waals surface area contributed by atoms with Crippen LogP contribution in [0, 0.1) is 6.92 Å². The Hall–Kier alpha value is -2.55.